The topological polar surface area (TPSA) is 113 Å². The van der Waals surface area contributed by atoms with Crippen LogP contribution in [0.5, 0.6) is 0 Å². The lowest BCUT2D eigenvalue weighted by Crippen LogP contribution is -2.27. The first-order chi connectivity index (χ1) is 4.57. The molecule has 0 aromatic carbocycles. The predicted octanol–water partition coefficient (Wildman–Crippen LogP) is -1.50. The molecule has 0 bridgehead atoms. The highest BCUT2D eigenvalue weighted by molar-refractivity contribution is 5.93. The molecule has 0 amide bonds. The van der Waals surface area contributed by atoms with Gasteiger partial charge in [0.15, 0.2) is 0 Å². The fraction of sp³-hybridized carbons (Fsp3) is 0. The zero-order valence-electron chi connectivity index (χ0n) is 4.87. The molecule has 0 aromatic rings. The predicted molar refractivity (Wildman–Crippen MR) is 30.7 cm³/mol. The second-order valence-corrected chi connectivity index (χ2v) is 1.35. The number of aliphatic carboxylic acids is 2. The Morgan fingerprint density at radius 3 is 2.00 bits per heavy atom. The van der Waals surface area contributed by atoms with Crippen LogP contribution < -0.4 is 11.3 Å². The molecule has 56 valence electrons. The molecule has 0 radical (unpaired) electrons. The summed E-state index contributed by atoms with van der Waals surface area (Å²) in [5.74, 6) is 1.88. The summed E-state index contributed by atoms with van der Waals surface area (Å²) in [7, 11) is 0. The monoisotopic (exact) mass is 146 g/mol. The van der Waals surface area contributed by atoms with Gasteiger partial charge in [0.1, 0.15) is 5.70 Å². The van der Waals surface area contributed by atoms with Gasteiger partial charge < -0.3 is 15.6 Å². The molecule has 6 nitrogen and oxygen atoms in total. The van der Waals surface area contributed by atoms with Gasteiger partial charge in [0, 0.05) is 0 Å². The Bertz CT molecular complexity index is 186. The number of nitrogens with one attached hydrogen (secondary N) is 1. The average molecular weight is 146 g/mol. The summed E-state index contributed by atoms with van der Waals surface area (Å²) in [6.07, 6.45) is 0.461. The summed E-state index contributed by atoms with van der Waals surface area (Å²) in [5, 5.41) is 16.2. The molecule has 0 rings (SSSR count). The van der Waals surface area contributed by atoms with E-state index in [9.17, 15) is 9.59 Å². The number of carbonyl (C=O) groups is 2. The third-order valence-corrected chi connectivity index (χ3v) is 0.654. The Labute approximate surface area is 55.9 Å². The summed E-state index contributed by atoms with van der Waals surface area (Å²) in [6.45, 7) is 0. The molecular weight excluding hydrogens is 140 g/mol. The van der Waals surface area contributed by atoms with Crippen molar-refractivity contribution >= 4 is 11.9 Å². The summed E-state index contributed by atoms with van der Waals surface area (Å²) < 4.78 is 0. The van der Waals surface area contributed by atoms with Crippen molar-refractivity contribution in [1.29, 1.82) is 0 Å². The van der Waals surface area contributed by atoms with E-state index in [0.717, 1.165) is 0 Å². The maximum Gasteiger partial charge on any atom is 0.353 e. The van der Waals surface area contributed by atoms with Crippen LogP contribution in [0.4, 0.5) is 0 Å². The maximum atomic E-state index is 9.99. The van der Waals surface area contributed by atoms with Crippen molar-refractivity contribution in [2.24, 2.45) is 5.84 Å². The Balaban J connectivity index is 4.34. The number of hydrogen-bond acceptors (Lipinski definition) is 4. The summed E-state index contributed by atoms with van der Waals surface area (Å²) in [4.78, 5) is 19.8. The normalized spacial score (nSPS) is 10.7. The van der Waals surface area contributed by atoms with Crippen molar-refractivity contribution < 1.29 is 19.8 Å². The Morgan fingerprint density at radius 1 is 1.40 bits per heavy atom. The molecule has 0 aliphatic heterocycles. The number of hydrazine groups is 1. The number of rotatable bonds is 3. The fourth-order valence-electron chi connectivity index (χ4n) is 0.289. The molecule has 0 aliphatic rings. The van der Waals surface area contributed by atoms with Gasteiger partial charge in [-0.05, 0) is 0 Å². The second-order valence-electron chi connectivity index (χ2n) is 1.35. The van der Waals surface area contributed by atoms with Crippen molar-refractivity contribution in [2.45, 2.75) is 0 Å². The third-order valence-electron chi connectivity index (χ3n) is 0.654. The average Bonchev–Trinajstić information content (AvgIpc) is 1.81. The van der Waals surface area contributed by atoms with Crippen LogP contribution in [0.3, 0.4) is 0 Å². The van der Waals surface area contributed by atoms with Crippen LogP contribution in [0.1, 0.15) is 0 Å². The Kier molecular flexibility index (Phi) is 2.92. The highest BCUT2D eigenvalue weighted by atomic mass is 16.4. The van der Waals surface area contributed by atoms with E-state index in [1.807, 2.05) is 0 Å². The van der Waals surface area contributed by atoms with E-state index in [1.165, 1.54) is 0 Å². The quantitative estimate of drug-likeness (QED) is 0.219. The van der Waals surface area contributed by atoms with Crippen LogP contribution in [0, 0.1) is 0 Å². The van der Waals surface area contributed by atoms with Crippen LogP contribution in [-0.4, -0.2) is 22.2 Å². The van der Waals surface area contributed by atoms with Crippen LogP contribution >= 0.6 is 0 Å². The molecule has 0 saturated heterocycles. The lowest BCUT2D eigenvalue weighted by Gasteiger charge is -1.95. The van der Waals surface area contributed by atoms with Crippen LogP contribution in [0.2, 0.25) is 0 Å². The van der Waals surface area contributed by atoms with Gasteiger partial charge in [-0.15, -0.1) is 0 Å². The zero-order valence-corrected chi connectivity index (χ0v) is 4.87. The molecule has 10 heavy (non-hydrogen) atoms. The van der Waals surface area contributed by atoms with Gasteiger partial charge in [-0.25, -0.2) is 9.59 Å². The van der Waals surface area contributed by atoms with E-state index < -0.39 is 17.6 Å². The van der Waals surface area contributed by atoms with Crippen molar-refractivity contribution in [3.05, 3.63) is 11.8 Å². The van der Waals surface area contributed by atoms with Crippen molar-refractivity contribution in [1.82, 2.24) is 5.43 Å². The minimum Gasteiger partial charge on any atom is -0.478 e. The first-order valence-electron chi connectivity index (χ1n) is 2.22. The molecule has 5 N–H and O–H groups in total. The lowest BCUT2D eigenvalue weighted by atomic mass is 10.4. The molecule has 0 spiro atoms. The smallest absolute Gasteiger partial charge is 0.353 e. The molecule has 0 heterocycles. The first kappa shape index (κ1) is 8.44. The molecule has 0 unspecified atom stereocenters. The summed E-state index contributed by atoms with van der Waals surface area (Å²) >= 11 is 0. The van der Waals surface area contributed by atoms with Crippen molar-refractivity contribution in [3.8, 4) is 0 Å². The third kappa shape index (κ3) is 2.68. The minimum atomic E-state index is -1.41. The Morgan fingerprint density at radius 2 is 1.90 bits per heavy atom. The SMILES string of the molecule is NN/C(=C/C(=O)O)C(=O)O. The van der Waals surface area contributed by atoms with Gasteiger partial charge in [0.25, 0.3) is 0 Å². The van der Waals surface area contributed by atoms with E-state index >= 15 is 0 Å². The summed E-state index contributed by atoms with van der Waals surface area (Å²) in [6, 6.07) is 0. The van der Waals surface area contributed by atoms with Gasteiger partial charge in [-0.1, -0.05) is 0 Å². The van der Waals surface area contributed by atoms with E-state index in [2.05, 4.69) is 5.84 Å². The van der Waals surface area contributed by atoms with Gasteiger partial charge in [0.2, 0.25) is 0 Å². The van der Waals surface area contributed by atoms with Gasteiger partial charge in [0.05, 0.1) is 6.08 Å². The molecule has 0 fully saturated rings. The van der Waals surface area contributed by atoms with Crippen molar-refractivity contribution in [3.63, 3.8) is 0 Å². The largest absolute Gasteiger partial charge is 0.478 e. The molecule has 0 aliphatic carbocycles. The molecule has 6 heteroatoms. The van der Waals surface area contributed by atoms with Gasteiger partial charge >= 0.3 is 11.9 Å². The molecular formula is C4H6N2O4. The van der Waals surface area contributed by atoms with Crippen LogP contribution in [0.15, 0.2) is 11.8 Å². The number of carboxylic acid groups (broad SMARTS) is 2. The molecule has 0 saturated carbocycles. The fourth-order valence-corrected chi connectivity index (χ4v) is 0.289. The first-order valence-corrected chi connectivity index (χ1v) is 2.22. The summed E-state index contributed by atoms with van der Waals surface area (Å²) in [5.41, 5.74) is 1.15. The van der Waals surface area contributed by atoms with Crippen molar-refractivity contribution in [2.75, 3.05) is 0 Å². The highest BCUT2D eigenvalue weighted by Crippen LogP contribution is 1.84. The lowest BCUT2D eigenvalue weighted by molar-refractivity contribution is -0.135. The second kappa shape index (κ2) is 3.46. The van der Waals surface area contributed by atoms with E-state index in [1.54, 1.807) is 5.43 Å². The van der Waals surface area contributed by atoms with Gasteiger partial charge in [-0.3, -0.25) is 5.84 Å². The van der Waals surface area contributed by atoms with Gasteiger partial charge in [-0.2, -0.15) is 0 Å². The molecule has 0 aromatic heterocycles. The maximum absolute atomic E-state index is 9.99. The molecule has 0 atom stereocenters. The van der Waals surface area contributed by atoms with Crippen LogP contribution in [0.25, 0.3) is 0 Å². The number of nitrogens with two attached hydrogens (primary N) is 1. The van der Waals surface area contributed by atoms with Crippen LogP contribution in [-0.2, 0) is 9.59 Å². The van der Waals surface area contributed by atoms with E-state index in [0.29, 0.717) is 6.08 Å². The number of carboxylic acids is 2. The zero-order chi connectivity index (χ0) is 8.15. The standard InChI is InChI=1S/C4H6N2O4/c5-6-2(4(9)10)1-3(7)8/h1,6H,5H2,(H,7,8)(H,9,10)/b2-1+. The highest BCUT2D eigenvalue weighted by Gasteiger charge is 2.05. The van der Waals surface area contributed by atoms with E-state index in [4.69, 9.17) is 10.2 Å². The van der Waals surface area contributed by atoms with E-state index in [-0.39, 0.29) is 0 Å². The Hall–Kier alpha value is -1.56. The number of hydrogen-bond donors (Lipinski definition) is 4. The minimum absolute atomic E-state index is 0.461.